The molecule has 1 aliphatic heterocycles. The van der Waals surface area contributed by atoms with Crippen LogP contribution in [0.1, 0.15) is 0 Å². The zero-order valence-corrected chi connectivity index (χ0v) is 11.7. The van der Waals surface area contributed by atoms with E-state index in [0.717, 1.165) is 0 Å². The molecule has 1 aromatic rings. The number of carboxylic acid groups (broad SMARTS) is 1. The van der Waals surface area contributed by atoms with Gasteiger partial charge in [0.2, 0.25) is 0 Å². The van der Waals surface area contributed by atoms with Crippen LogP contribution in [0, 0.1) is 0 Å². The smallest absolute Gasteiger partial charge is 0.328 e. The van der Waals surface area contributed by atoms with Crippen molar-refractivity contribution in [3.05, 3.63) is 24.3 Å². The van der Waals surface area contributed by atoms with Crippen LogP contribution in [0.15, 0.2) is 24.3 Å². The van der Waals surface area contributed by atoms with Gasteiger partial charge in [-0.15, -0.1) is 0 Å². The van der Waals surface area contributed by atoms with E-state index in [1.807, 2.05) is 0 Å². The first-order valence-electron chi connectivity index (χ1n) is 6.49. The average molecular weight is 295 g/mol. The van der Waals surface area contributed by atoms with E-state index >= 15 is 0 Å². The largest absolute Gasteiger partial charge is 0.493 e. The Kier molecular flexibility index (Phi) is 4.99. The first-order valence-corrected chi connectivity index (χ1v) is 6.49. The van der Waals surface area contributed by atoms with Gasteiger partial charge in [-0.1, -0.05) is 12.1 Å². The number of aliphatic carboxylic acids is 1. The van der Waals surface area contributed by atoms with E-state index in [1.165, 1.54) is 12.0 Å². The molecule has 1 N–H and O–H groups in total. The number of para-hydroxylation sites is 2. The van der Waals surface area contributed by atoms with Crippen LogP contribution in [0.5, 0.6) is 11.5 Å². The molecule has 7 heteroatoms. The normalized spacial score (nSPS) is 18.1. The first-order chi connectivity index (χ1) is 10.1. The Labute approximate surface area is 122 Å². The quantitative estimate of drug-likeness (QED) is 0.845. The first kappa shape index (κ1) is 15.1. The number of amides is 1. The van der Waals surface area contributed by atoms with Gasteiger partial charge in [-0.2, -0.15) is 0 Å². The number of carboxylic acids is 1. The molecule has 1 heterocycles. The van der Waals surface area contributed by atoms with Crippen LogP contribution in [0.3, 0.4) is 0 Å². The minimum absolute atomic E-state index is 0.00423. The van der Waals surface area contributed by atoms with Gasteiger partial charge in [0.15, 0.2) is 24.1 Å². The van der Waals surface area contributed by atoms with Gasteiger partial charge in [0.25, 0.3) is 5.91 Å². The molecule has 0 radical (unpaired) electrons. The number of hydrogen-bond acceptors (Lipinski definition) is 5. The van der Waals surface area contributed by atoms with E-state index in [1.54, 1.807) is 24.3 Å². The molecule has 21 heavy (non-hydrogen) atoms. The van der Waals surface area contributed by atoms with Crippen LogP contribution in [0.2, 0.25) is 0 Å². The maximum atomic E-state index is 12.1. The second-order valence-corrected chi connectivity index (χ2v) is 4.46. The van der Waals surface area contributed by atoms with Crippen molar-refractivity contribution in [3.8, 4) is 11.5 Å². The molecule has 0 spiro atoms. The topological polar surface area (TPSA) is 85.3 Å². The summed E-state index contributed by atoms with van der Waals surface area (Å²) in [6, 6.07) is 5.98. The van der Waals surface area contributed by atoms with Crippen LogP contribution in [-0.2, 0) is 14.3 Å². The Balaban J connectivity index is 1.99. The fourth-order valence-electron chi connectivity index (χ4n) is 2.07. The Hall–Kier alpha value is -2.28. The lowest BCUT2D eigenvalue weighted by Gasteiger charge is -2.32. The standard InChI is InChI=1S/C14H17NO6/c1-19-11-4-2-3-5-12(11)21-9-13(16)15-6-7-20-8-10(15)14(17)18/h2-5,10H,6-9H2,1H3,(H,17,18)/t10-/m0/s1. The Morgan fingerprint density at radius 2 is 2.10 bits per heavy atom. The second kappa shape index (κ2) is 6.94. The molecule has 0 unspecified atom stereocenters. The summed E-state index contributed by atoms with van der Waals surface area (Å²) in [4.78, 5) is 24.5. The van der Waals surface area contributed by atoms with E-state index < -0.39 is 17.9 Å². The van der Waals surface area contributed by atoms with Crippen molar-refractivity contribution in [2.75, 3.05) is 33.5 Å². The van der Waals surface area contributed by atoms with Crippen LogP contribution >= 0.6 is 0 Å². The van der Waals surface area contributed by atoms with Crippen LogP contribution < -0.4 is 9.47 Å². The van der Waals surface area contributed by atoms with Gasteiger partial charge in [-0.05, 0) is 12.1 Å². The molecule has 114 valence electrons. The van der Waals surface area contributed by atoms with Crippen LogP contribution in [-0.4, -0.2) is 61.4 Å². The van der Waals surface area contributed by atoms with E-state index in [-0.39, 0.29) is 19.8 Å². The number of benzene rings is 1. The summed E-state index contributed by atoms with van der Waals surface area (Å²) in [5, 5.41) is 9.09. The molecule has 0 bridgehead atoms. The molecule has 7 nitrogen and oxygen atoms in total. The van der Waals surface area contributed by atoms with Crippen molar-refractivity contribution >= 4 is 11.9 Å². The molecule has 0 aromatic heterocycles. The molecule has 2 rings (SSSR count). The van der Waals surface area contributed by atoms with Crippen LogP contribution in [0.25, 0.3) is 0 Å². The highest BCUT2D eigenvalue weighted by molar-refractivity contribution is 5.84. The average Bonchev–Trinajstić information content (AvgIpc) is 2.52. The number of nitrogens with zero attached hydrogens (tertiary/aromatic N) is 1. The minimum atomic E-state index is -1.08. The summed E-state index contributed by atoms with van der Waals surface area (Å²) in [6.45, 7) is 0.315. The van der Waals surface area contributed by atoms with Gasteiger partial charge in [-0.3, -0.25) is 4.79 Å². The molecule has 1 fully saturated rings. The molecular formula is C14H17NO6. The summed E-state index contributed by atoms with van der Waals surface area (Å²) in [6.07, 6.45) is 0. The summed E-state index contributed by atoms with van der Waals surface area (Å²) in [5.41, 5.74) is 0. The van der Waals surface area contributed by atoms with Gasteiger partial charge in [0.1, 0.15) is 0 Å². The molecule has 1 saturated heterocycles. The number of morpholine rings is 1. The van der Waals surface area contributed by atoms with Crippen molar-refractivity contribution in [3.63, 3.8) is 0 Å². The van der Waals surface area contributed by atoms with E-state index in [0.29, 0.717) is 18.1 Å². The molecule has 0 aliphatic carbocycles. The summed E-state index contributed by atoms with van der Waals surface area (Å²) in [7, 11) is 1.51. The fraction of sp³-hybridized carbons (Fsp3) is 0.429. The summed E-state index contributed by atoms with van der Waals surface area (Å²) < 4.78 is 15.6. The molecule has 1 aromatic carbocycles. The molecule has 1 atom stereocenters. The molecule has 1 aliphatic rings. The Morgan fingerprint density at radius 1 is 1.38 bits per heavy atom. The highest BCUT2D eigenvalue weighted by Gasteiger charge is 2.32. The van der Waals surface area contributed by atoms with Crippen molar-refractivity contribution in [1.82, 2.24) is 4.90 Å². The lowest BCUT2D eigenvalue weighted by molar-refractivity contribution is -0.159. The summed E-state index contributed by atoms with van der Waals surface area (Å²) in [5.74, 6) is -0.521. The minimum Gasteiger partial charge on any atom is -0.493 e. The second-order valence-electron chi connectivity index (χ2n) is 4.46. The summed E-state index contributed by atoms with van der Waals surface area (Å²) >= 11 is 0. The Morgan fingerprint density at radius 3 is 2.76 bits per heavy atom. The van der Waals surface area contributed by atoms with Gasteiger partial charge in [-0.25, -0.2) is 4.79 Å². The lowest BCUT2D eigenvalue weighted by atomic mass is 10.2. The number of carbonyl (C=O) groups excluding carboxylic acids is 1. The lowest BCUT2D eigenvalue weighted by Crippen LogP contribution is -2.53. The number of methoxy groups -OCH3 is 1. The van der Waals surface area contributed by atoms with Gasteiger partial charge >= 0.3 is 5.97 Å². The predicted octanol–water partition coefficient (Wildman–Crippen LogP) is 0.386. The van der Waals surface area contributed by atoms with Crippen molar-refractivity contribution in [2.24, 2.45) is 0 Å². The van der Waals surface area contributed by atoms with E-state index in [4.69, 9.17) is 19.3 Å². The van der Waals surface area contributed by atoms with Crippen LogP contribution in [0.4, 0.5) is 0 Å². The molecule has 1 amide bonds. The van der Waals surface area contributed by atoms with Crippen molar-refractivity contribution < 1.29 is 28.9 Å². The maximum Gasteiger partial charge on any atom is 0.328 e. The van der Waals surface area contributed by atoms with E-state index in [9.17, 15) is 9.59 Å². The van der Waals surface area contributed by atoms with Gasteiger partial charge < -0.3 is 24.2 Å². The highest BCUT2D eigenvalue weighted by atomic mass is 16.5. The van der Waals surface area contributed by atoms with Crippen molar-refractivity contribution in [2.45, 2.75) is 6.04 Å². The fourth-order valence-corrected chi connectivity index (χ4v) is 2.07. The Bertz CT molecular complexity index is 518. The molecular weight excluding hydrogens is 278 g/mol. The third-order valence-electron chi connectivity index (χ3n) is 3.15. The highest BCUT2D eigenvalue weighted by Crippen LogP contribution is 2.25. The number of hydrogen-bond donors (Lipinski definition) is 1. The third kappa shape index (κ3) is 3.63. The zero-order chi connectivity index (χ0) is 15.2. The maximum absolute atomic E-state index is 12.1. The van der Waals surface area contributed by atoms with Gasteiger partial charge in [0.05, 0.1) is 20.3 Å². The predicted molar refractivity (Wildman–Crippen MR) is 72.4 cm³/mol. The van der Waals surface area contributed by atoms with E-state index in [2.05, 4.69) is 0 Å². The third-order valence-corrected chi connectivity index (χ3v) is 3.15. The number of carbonyl (C=O) groups is 2. The number of rotatable bonds is 5. The molecule has 0 saturated carbocycles. The number of ether oxygens (including phenoxy) is 3. The SMILES string of the molecule is COc1ccccc1OCC(=O)N1CCOC[C@H]1C(=O)O. The zero-order valence-electron chi connectivity index (χ0n) is 11.7. The van der Waals surface area contributed by atoms with Crippen molar-refractivity contribution in [1.29, 1.82) is 0 Å². The van der Waals surface area contributed by atoms with Gasteiger partial charge in [0, 0.05) is 6.54 Å². The monoisotopic (exact) mass is 295 g/mol.